The van der Waals surface area contributed by atoms with Crippen LogP contribution >= 0.6 is 0 Å². The lowest BCUT2D eigenvalue weighted by Crippen LogP contribution is -2.58. The Bertz CT molecular complexity index is 1300. The average Bonchev–Trinajstić information content (AvgIpc) is 3.42. The molecular formula is C25H27FN6O3. The van der Waals surface area contributed by atoms with Gasteiger partial charge >= 0.3 is 0 Å². The minimum atomic E-state index is -0.793. The fraction of sp³-hybridized carbons (Fsp3) is 0.440. The molecule has 0 unspecified atom stereocenters. The molecule has 3 N–H and O–H groups in total. The topological polar surface area (TPSA) is 115 Å². The first-order valence-corrected chi connectivity index (χ1v) is 12.0. The van der Waals surface area contributed by atoms with Gasteiger partial charge in [0.15, 0.2) is 0 Å². The normalized spacial score (nSPS) is 27.5. The van der Waals surface area contributed by atoms with Crippen LogP contribution in [0.25, 0.3) is 5.65 Å². The lowest BCUT2D eigenvalue weighted by atomic mass is 9.53. The van der Waals surface area contributed by atoms with Crippen LogP contribution in [0.3, 0.4) is 0 Å². The number of fused-ring (bicyclic) bond motifs is 1. The van der Waals surface area contributed by atoms with Crippen molar-refractivity contribution in [2.24, 2.45) is 11.1 Å². The number of nitrogens with one attached hydrogen (secondary N) is 1. The number of ether oxygens (including phenoxy) is 1. The molecule has 3 fully saturated rings. The number of hydrogen-bond donors (Lipinski definition) is 2. The number of carbonyl (C=O) groups excluding carboxylic acids is 2. The van der Waals surface area contributed by atoms with E-state index in [4.69, 9.17) is 10.5 Å². The van der Waals surface area contributed by atoms with Crippen LogP contribution < -0.4 is 20.7 Å². The smallest absolute Gasteiger partial charge is 0.270 e. The first kappa shape index (κ1) is 21.8. The van der Waals surface area contributed by atoms with Crippen LogP contribution in [0.5, 0.6) is 5.88 Å². The molecule has 0 bridgehead atoms. The molecule has 0 aromatic carbocycles. The van der Waals surface area contributed by atoms with E-state index >= 15 is 0 Å². The highest BCUT2D eigenvalue weighted by Gasteiger charge is 2.54. The highest BCUT2D eigenvalue weighted by molar-refractivity contribution is 5.95. The van der Waals surface area contributed by atoms with E-state index < -0.39 is 12.1 Å². The van der Waals surface area contributed by atoms with Crippen LogP contribution in [-0.4, -0.2) is 57.6 Å². The average molecular weight is 479 g/mol. The van der Waals surface area contributed by atoms with Gasteiger partial charge < -0.3 is 20.7 Å². The number of amides is 2. The van der Waals surface area contributed by atoms with Gasteiger partial charge in [-0.25, -0.2) is 14.4 Å². The van der Waals surface area contributed by atoms with Crippen LogP contribution in [0.4, 0.5) is 10.1 Å². The Morgan fingerprint density at radius 2 is 2.03 bits per heavy atom. The van der Waals surface area contributed by atoms with Gasteiger partial charge in [-0.1, -0.05) is 0 Å². The Labute approximate surface area is 201 Å². The van der Waals surface area contributed by atoms with Crippen LogP contribution in [0.2, 0.25) is 0 Å². The van der Waals surface area contributed by atoms with E-state index in [9.17, 15) is 14.0 Å². The molecule has 10 heteroatoms. The van der Waals surface area contributed by atoms with E-state index in [2.05, 4.69) is 15.3 Å². The highest BCUT2D eigenvalue weighted by atomic mass is 19.1. The first-order chi connectivity index (χ1) is 16.9. The van der Waals surface area contributed by atoms with Gasteiger partial charge in [-0.15, -0.1) is 0 Å². The number of carbonyl (C=O) groups is 2. The number of anilines is 1. The Morgan fingerprint density at radius 1 is 1.20 bits per heavy atom. The van der Waals surface area contributed by atoms with Crippen LogP contribution in [0.1, 0.15) is 53.0 Å². The third-order valence-corrected chi connectivity index (χ3v) is 7.56. The molecule has 9 nitrogen and oxygen atoms in total. The summed E-state index contributed by atoms with van der Waals surface area (Å²) in [4.78, 5) is 35.0. The van der Waals surface area contributed by atoms with Crippen molar-refractivity contribution in [2.45, 2.75) is 50.4 Å². The largest absolute Gasteiger partial charge is 0.474 e. The van der Waals surface area contributed by atoms with Crippen LogP contribution in [0, 0.1) is 5.41 Å². The van der Waals surface area contributed by atoms with Gasteiger partial charge in [0, 0.05) is 43.3 Å². The van der Waals surface area contributed by atoms with Gasteiger partial charge in [0.25, 0.3) is 11.8 Å². The van der Waals surface area contributed by atoms with Gasteiger partial charge in [-0.05, 0) is 55.7 Å². The second-order valence-electron chi connectivity index (χ2n) is 10.0. The Kier molecular flexibility index (Phi) is 5.12. The van der Waals surface area contributed by atoms with Crippen LogP contribution in [0.15, 0.2) is 42.9 Å². The predicted molar refractivity (Wildman–Crippen MR) is 126 cm³/mol. The molecule has 0 radical (unpaired) electrons. The van der Waals surface area contributed by atoms with E-state index in [0.717, 1.165) is 31.4 Å². The minimum Gasteiger partial charge on any atom is -0.474 e. The maximum Gasteiger partial charge on any atom is 0.270 e. The highest BCUT2D eigenvalue weighted by Crippen LogP contribution is 2.56. The molecule has 3 aliphatic rings. The summed E-state index contributed by atoms with van der Waals surface area (Å²) < 4.78 is 21.2. The number of rotatable bonds is 6. The molecule has 6 rings (SSSR count). The van der Waals surface area contributed by atoms with E-state index in [0.29, 0.717) is 36.4 Å². The number of pyridine rings is 2. The third kappa shape index (κ3) is 3.96. The standard InChI is InChI=1S/C25H27FN6O3/c26-15-3-6-31(14-15)17-4-7-32-20(13-29-21(32)8-17)23(34)30-16-9-25(10-16)11-18(12-25)35-24-19(22(27)33)2-1-5-28-24/h1-2,4-5,7-8,13,15-16,18H,3,6,9-12,14H2,(H2,27,33)(H,30,34)/t15-,16?,18?,25?/m0/s1. The Morgan fingerprint density at radius 3 is 2.77 bits per heavy atom. The fourth-order valence-electron chi connectivity index (χ4n) is 5.79. The van der Waals surface area contributed by atoms with E-state index in [1.54, 1.807) is 28.9 Å². The number of nitrogens with two attached hydrogens (primary N) is 1. The number of imidazole rings is 1. The monoisotopic (exact) mass is 478 g/mol. The van der Waals surface area contributed by atoms with Gasteiger partial charge in [-0.2, -0.15) is 0 Å². The Balaban J connectivity index is 1.03. The molecular weight excluding hydrogens is 451 g/mol. The van der Waals surface area contributed by atoms with Crippen molar-refractivity contribution in [3.63, 3.8) is 0 Å². The van der Waals surface area contributed by atoms with Crippen molar-refractivity contribution in [3.8, 4) is 5.88 Å². The van der Waals surface area contributed by atoms with Gasteiger partial charge in [0.1, 0.15) is 29.2 Å². The molecule has 2 amide bonds. The molecule has 1 aliphatic heterocycles. The summed E-state index contributed by atoms with van der Waals surface area (Å²) >= 11 is 0. The number of aromatic nitrogens is 3. The summed E-state index contributed by atoms with van der Waals surface area (Å²) in [6, 6.07) is 7.18. The number of hydrogen-bond acceptors (Lipinski definition) is 6. The molecule has 182 valence electrons. The van der Waals surface area contributed by atoms with Crippen LogP contribution in [-0.2, 0) is 0 Å². The summed E-state index contributed by atoms with van der Waals surface area (Å²) in [5.41, 5.74) is 7.94. The number of nitrogens with zero attached hydrogens (tertiary/aromatic N) is 4. The summed E-state index contributed by atoms with van der Waals surface area (Å²) in [6.07, 6.45) is 8.25. The molecule has 2 aliphatic carbocycles. The summed E-state index contributed by atoms with van der Waals surface area (Å²) in [5.74, 6) is -0.419. The van der Waals surface area contributed by atoms with Crippen molar-refractivity contribution in [1.82, 2.24) is 19.7 Å². The second kappa shape index (κ2) is 8.21. The summed E-state index contributed by atoms with van der Waals surface area (Å²) in [5, 5.41) is 3.12. The summed E-state index contributed by atoms with van der Waals surface area (Å²) in [7, 11) is 0. The SMILES string of the molecule is NC(=O)c1cccnc1OC1CC2(CC(NC(=O)c3cnc4cc(N5CC[C@H](F)C5)ccn34)C2)C1. The van der Waals surface area contributed by atoms with Gasteiger partial charge in [0.2, 0.25) is 5.88 Å². The number of alkyl halides is 1. The van der Waals surface area contributed by atoms with Crippen molar-refractivity contribution in [3.05, 3.63) is 54.1 Å². The summed E-state index contributed by atoms with van der Waals surface area (Å²) in [6.45, 7) is 1.09. The fourth-order valence-corrected chi connectivity index (χ4v) is 5.79. The molecule has 35 heavy (non-hydrogen) atoms. The van der Waals surface area contributed by atoms with Crippen molar-refractivity contribution in [2.75, 3.05) is 18.0 Å². The van der Waals surface area contributed by atoms with E-state index in [-0.39, 0.29) is 29.3 Å². The third-order valence-electron chi connectivity index (χ3n) is 7.56. The molecule has 3 aromatic heterocycles. The second-order valence-corrected chi connectivity index (χ2v) is 10.0. The van der Waals surface area contributed by atoms with Gasteiger partial charge in [-0.3, -0.25) is 14.0 Å². The zero-order valence-electron chi connectivity index (χ0n) is 19.2. The van der Waals surface area contributed by atoms with Crippen molar-refractivity contribution in [1.29, 1.82) is 0 Å². The quantitative estimate of drug-likeness (QED) is 0.563. The van der Waals surface area contributed by atoms with E-state index in [1.165, 1.54) is 0 Å². The van der Waals surface area contributed by atoms with E-state index in [1.807, 2.05) is 23.2 Å². The molecule has 2 saturated carbocycles. The molecule has 1 atom stereocenters. The lowest BCUT2D eigenvalue weighted by molar-refractivity contribution is -0.0848. The van der Waals surface area contributed by atoms with Crippen molar-refractivity contribution >= 4 is 23.1 Å². The lowest BCUT2D eigenvalue weighted by Gasteiger charge is -2.57. The molecule has 1 saturated heterocycles. The molecule has 3 aromatic rings. The Hall–Kier alpha value is -3.69. The minimum absolute atomic E-state index is 0.00379. The number of primary amides is 1. The number of halogens is 1. The van der Waals surface area contributed by atoms with Gasteiger partial charge in [0.05, 0.1) is 6.20 Å². The predicted octanol–water partition coefficient (Wildman–Crippen LogP) is 2.50. The van der Waals surface area contributed by atoms with Crippen molar-refractivity contribution < 1.29 is 18.7 Å². The maximum absolute atomic E-state index is 13.6. The molecule has 4 heterocycles. The maximum atomic E-state index is 13.6. The molecule has 1 spiro atoms. The first-order valence-electron chi connectivity index (χ1n) is 12.0. The zero-order valence-corrected chi connectivity index (χ0v) is 19.2. The zero-order chi connectivity index (χ0) is 24.2.